The molecule has 0 fully saturated rings. The summed E-state index contributed by atoms with van der Waals surface area (Å²) in [7, 11) is 0. The smallest absolute Gasteiger partial charge is 0.315 e. The van der Waals surface area contributed by atoms with Crippen molar-refractivity contribution in [2.75, 3.05) is 0 Å². The van der Waals surface area contributed by atoms with Gasteiger partial charge in [0.1, 0.15) is 0 Å². The van der Waals surface area contributed by atoms with Gasteiger partial charge >= 0.3 is 51.4 Å². The quantitative estimate of drug-likeness (QED) is 0.516. The third-order valence-electron chi connectivity index (χ3n) is 1.88. The molecule has 0 atom stereocenters. The van der Waals surface area contributed by atoms with E-state index in [4.69, 9.17) is 0 Å². The normalized spacial score (nSPS) is 10.6. The Labute approximate surface area is 146 Å². The van der Waals surface area contributed by atoms with Gasteiger partial charge in [-0.05, 0) is 19.2 Å². The molecule has 1 N–H and O–H groups in total. The van der Waals surface area contributed by atoms with Crippen LogP contribution in [0.5, 0.6) is 0 Å². The number of H-pyrrole nitrogens is 1. The molecule has 0 radical (unpaired) electrons. The maximum absolute atomic E-state index is 11.7. The summed E-state index contributed by atoms with van der Waals surface area (Å²) in [5.41, 5.74) is -0.00176. The molecule has 0 aliphatic rings. The summed E-state index contributed by atoms with van der Waals surface area (Å²) in [5, 5.41) is 4.27. The van der Waals surface area contributed by atoms with Crippen molar-refractivity contribution in [1.82, 2.24) is 9.78 Å². The molecule has 1 aromatic heterocycles. The largest absolute Gasteiger partial charge is 1.00 e. The Kier molecular flexibility index (Phi) is 11.8. The van der Waals surface area contributed by atoms with Crippen LogP contribution in [0.15, 0.2) is 4.79 Å². The first-order chi connectivity index (χ1) is 7.49. The van der Waals surface area contributed by atoms with Crippen molar-refractivity contribution in [3.8, 4) is 0 Å². The van der Waals surface area contributed by atoms with E-state index in [-0.39, 0.29) is 63.0 Å². The molecule has 1 heterocycles. The van der Waals surface area contributed by atoms with Crippen molar-refractivity contribution in [3.63, 3.8) is 0 Å². The fourth-order valence-corrected chi connectivity index (χ4v) is 1.22. The molecule has 0 unspecified atom stereocenters. The van der Waals surface area contributed by atoms with E-state index in [1.165, 1.54) is 6.42 Å². The summed E-state index contributed by atoms with van der Waals surface area (Å²) in [6, 6.07) is 0.145. The Morgan fingerprint density at radius 3 is 2.24 bits per heavy atom. The summed E-state index contributed by atoms with van der Waals surface area (Å²) in [4.78, 5) is 11.7. The minimum absolute atomic E-state index is 0. The number of nitrogens with one attached hydrogen (secondary N) is 1. The Morgan fingerprint density at radius 1 is 1.47 bits per heavy atom. The van der Waals surface area contributed by atoms with Crippen LogP contribution in [-0.2, 0) is 0 Å². The number of hydrogen-bond donors (Lipinski definition) is 1. The van der Waals surface area contributed by atoms with Crippen LogP contribution < -0.4 is 67.5 Å². The van der Waals surface area contributed by atoms with Crippen LogP contribution in [-0.4, -0.2) is 9.78 Å². The Bertz CT molecular complexity index is 457. The van der Waals surface area contributed by atoms with Crippen molar-refractivity contribution >= 4 is 12.7 Å². The second-order valence-electron chi connectivity index (χ2n) is 3.98. The van der Waals surface area contributed by atoms with Crippen LogP contribution in [0.25, 0.3) is 12.7 Å². The molecule has 3 nitrogen and oxygen atoms in total. The van der Waals surface area contributed by atoms with Gasteiger partial charge in [-0.25, -0.2) is 12.5 Å². The molecule has 0 saturated heterocycles. The molecule has 92 valence electrons. The van der Waals surface area contributed by atoms with E-state index >= 15 is 0 Å². The fraction of sp³-hybridized carbons (Fsp3) is 0.538. The summed E-state index contributed by atoms with van der Waals surface area (Å²) in [6.45, 7) is 13.8. The van der Waals surface area contributed by atoms with Gasteiger partial charge in [-0.1, -0.05) is 32.1 Å². The van der Waals surface area contributed by atoms with Crippen molar-refractivity contribution < 1.29 is 51.4 Å². The molecule has 4 heteroatoms. The SMILES string of the molecule is C=c1[nH]n(C(C)C)c(=O)/c1=C/[CH-]C.CCC.[K+]. The average molecular weight is 262 g/mol. The molecule has 0 aromatic carbocycles. The van der Waals surface area contributed by atoms with E-state index in [1.54, 1.807) is 10.8 Å². The van der Waals surface area contributed by atoms with E-state index in [0.717, 1.165) is 0 Å². The third kappa shape index (κ3) is 6.11. The van der Waals surface area contributed by atoms with Gasteiger partial charge in [0.25, 0.3) is 0 Å². The molecule has 0 spiro atoms. The van der Waals surface area contributed by atoms with Gasteiger partial charge in [-0.3, -0.25) is 9.48 Å². The predicted octanol–water partition coefficient (Wildman–Crippen LogP) is -1.41. The van der Waals surface area contributed by atoms with Gasteiger partial charge in [-0.2, -0.15) is 0 Å². The first kappa shape index (κ1) is 19.6. The van der Waals surface area contributed by atoms with Gasteiger partial charge in [0, 0.05) is 6.04 Å². The minimum Gasteiger partial charge on any atom is -0.315 e. The number of aromatic amines is 1. The third-order valence-corrected chi connectivity index (χ3v) is 1.88. The van der Waals surface area contributed by atoms with E-state index in [0.29, 0.717) is 10.6 Å². The van der Waals surface area contributed by atoms with Crippen molar-refractivity contribution in [2.24, 2.45) is 0 Å². The molecule has 0 aliphatic carbocycles. The topological polar surface area (TPSA) is 37.8 Å². The Hall–Kier alpha value is 0.256. The maximum atomic E-state index is 11.7. The second kappa shape index (κ2) is 10.2. The van der Waals surface area contributed by atoms with Crippen LogP contribution in [0.1, 0.15) is 47.1 Å². The standard InChI is InChI=1S/C10H15N2O.C3H8.K/c1-5-6-9-8(4)11-12(7(2)3)10(9)13;1-3-2;/h5-7,11H,4H2,1-3H3;3H2,1-2H3;/q-1;;+1/b9-6+;;. The first-order valence-corrected chi connectivity index (χ1v) is 5.78. The van der Waals surface area contributed by atoms with Gasteiger partial charge in [0.15, 0.2) is 5.56 Å². The zero-order valence-electron chi connectivity index (χ0n) is 12.0. The van der Waals surface area contributed by atoms with Crippen molar-refractivity contribution in [2.45, 2.75) is 47.1 Å². The molecular formula is C13H23KN2O. The molecule has 1 aromatic rings. The van der Waals surface area contributed by atoms with Crippen LogP contribution in [0.3, 0.4) is 0 Å². The number of hydrogen-bond acceptors (Lipinski definition) is 1. The molecule has 0 aliphatic heterocycles. The molecule has 0 amide bonds. The summed E-state index contributed by atoms with van der Waals surface area (Å²) in [6.07, 6.45) is 4.87. The van der Waals surface area contributed by atoms with Gasteiger partial charge < -0.3 is 5.10 Å². The van der Waals surface area contributed by atoms with Gasteiger partial charge in [0.05, 0.1) is 0 Å². The first-order valence-electron chi connectivity index (χ1n) is 5.78. The number of rotatable bonds is 2. The minimum atomic E-state index is -0.00176. The summed E-state index contributed by atoms with van der Waals surface area (Å²) in [5.74, 6) is 0. The van der Waals surface area contributed by atoms with E-state index in [2.05, 4.69) is 25.5 Å². The van der Waals surface area contributed by atoms with Gasteiger partial charge in [-0.15, -0.1) is 6.92 Å². The van der Waals surface area contributed by atoms with Crippen LogP contribution in [0, 0.1) is 6.42 Å². The molecule has 0 saturated carbocycles. The Balaban J connectivity index is 0. The number of aromatic nitrogens is 2. The van der Waals surface area contributed by atoms with Crippen LogP contribution in [0.4, 0.5) is 0 Å². The molecule has 1 rings (SSSR count). The maximum Gasteiger partial charge on any atom is 1.00 e. The van der Waals surface area contributed by atoms with E-state index < -0.39 is 0 Å². The monoisotopic (exact) mass is 262 g/mol. The molecule has 0 bridgehead atoms. The van der Waals surface area contributed by atoms with E-state index in [9.17, 15) is 4.79 Å². The molecule has 17 heavy (non-hydrogen) atoms. The predicted molar refractivity (Wildman–Crippen MR) is 70.6 cm³/mol. The number of nitrogens with zero attached hydrogens (tertiary/aromatic N) is 1. The van der Waals surface area contributed by atoms with Crippen molar-refractivity contribution in [3.05, 3.63) is 27.3 Å². The summed E-state index contributed by atoms with van der Waals surface area (Å²) < 4.78 is 1.58. The van der Waals surface area contributed by atoms with E-state index in [1.807, 2.05) is 27.2 Å². The fourth-order valence-electron chi connectivity index (χ4n) is 1.22. The second-order valence-corrected chi connectivity index (χ2v) is 3.98. The average Bonchev–Trinajstić information content (AvgIpc) is 2.47. The zero-order chi connectivity index (χ0) is 12.7. The zero-order valence-corrected chi connectivity index (χ0v) is 15.1. The van der Waals surface area contributed by atoms with Crippen molar-refractivity contribution in [1.29, 1.82) is 0 Å². The van der Waals surface area contributed by atoms with Crippen LogP contribution >= 0.6 is 0 Å². The van der Waals surface area contributed by atoms with Gasteiger partial charge in [0.2, 0.25) is 0 Å². The Morgan fingerprint density at radius 2 is 1.94 bits per heavy atom. The van der Waals surface area contributed by atoms with Crippen LogP contribution in [0.2, 0.25) is 0 Å². The molecular weight excluding hydrogens is 239 g/mol. The summed E-state index contributed by atoms with van der Waals surface area (Å²) >= 11 is 0.